The first-order chi connectivity index (χ1) is 15.4. The molecule has 6 nitrogen and oxygen atoms in total. The van der Waals surface area contributed by atoms with Gasteiger partial charge in [0.25, 0.3) is 0 Å². The van der Waals surface area contributed by atoms with Crippen molar-refractivity contribution >= 4 is 22.4 Å². The molecular weight excluding hydrogens is 419 g/mol. The number of alkyl halides is 3. The Kier molecular flexibility index (Phi) is 5.21. The Hall–Kier alpha value is -3.20. The van der Waals surface area contributed by atoms with Crippen LogP contribution in [-0.4, -0.2) is 34.3 Å². The molecule has 0 aliphatic carbocycles. The summed E-state index contributed by atoms with van der Waals surface area (Å²) in [5.41, 5.74) is 3.44. The van der Waals surface area contributed by atoms with Gasteiger partial charge in [0.15, 0.2) is 5.49 Å². The van der Waals surface area contributed by atoms with Crippen molar-refractivity contribution < 1.29 is 17.9 Å². The maximum atomic E-state index is 13.3. The van der Waals surface area contributed by atoms with Crippen molar-refractivity contribution in [3.63, 3.8) is 0 Å². The van der Waals surface area contributed by atoms with E-state index in [-0.39, 0.29) is 12.1 Å². The van der Waals surface area contributed by atoms with Crippen LogP contribution < -0.4 is 10.8 Å². The van der Waals surface area contributed by atoms with Crippen LogP contribution in [0.2, 0.25) is 0 Å². The fourth-order valence-corrected chi connectivity index (χ4v) is 4.20. The molecule has 0 amide bonds. The number of fused-ring (bicyclic) bond motifs is 3. The predicted molar refractivity (Wildman–Crippen MR) is 115 cm³/mol. The molecule has 2 aliphatic heterocycles. The first kappa shape index (κ1) is 20.7. The van der Waals surface area contributed by atoms with Gasteiger partial charge in [-0.2, -0.15) is 18.2 Å². The Morgan fingerprint density at radius 2 is 2.16 bits per heavy atom. The molecule has 0 fully saturated rings. The fourth-order valence-electron chi connectivity index (χ4n) is 4.20. The lowest BCUT2D eigenvalue weighted by Gasteiger charge is -2.15. The smallest absolute Gasteiger partial charge is 0.377 e. The van der Waals surface area contributed by atoms with Crippen LogP contribution in [0.1, 0.15) is 28.8 Å². The number of benzene rings is 1. The van der Waals surface area contributed by atoms with Gasteiger partial charge in [-0.05, 0) is 42.2 Å². The summed E-state index contributed by atoms with van der Waals surface area (Å²) in [6, 6.07) is 6.17. The molecule has 0 atom stereocenters. The van der Waals surface area contributed by atoms with E-state index in [0.717, 1.165) is 47.7 Å². The number of aromatic nitrogens is 3. The molecule has 2 aromatic heterocycles. The number of ether oxygens (including phenoxy) is 1. The number of hydrogen-bond donors (Lipinski definition) is 1. The summed E-state index contributed by atoms with van der Waals surface area (Å²) in [7, 11) is 0. The third-order valence-corrected chi connectivity index (χ3v) is 5.94. The Labute approximate surface area is 182 Å². The van der Waals surface area contributed by atoms with Crippen LogP contribution in [0, 0.1) is 6.92 Å². The van der Waals surface area contributed by atoms with Crippen LogP contribution in [0.3, 0.4) is 0 Å². The Balaban J connectivity index is 1.62. The van der Waals surface area contributed by atoms with E-state index in [1.54, 1.807) is 6.07 Å². The zero-order valence-corrected chi connectivity index (χ0v) is 17.5. The molecule has 1 aromatic carbocycles. The van der Waals surface area contributed by atoms with Crippen molar-refractivity contribution in [3.05, 3.63) is 64.4 Å². The first-order valence-electron chi connectivity index (χ1n) is 10.5. The highest BCUT2D eigenvalue weighted by Crippen LogP contribution is 2.33. The molecular formula is C23H22F3N5O. The van der Waals surface area contributed by atoms with Gasteiger partial charge < -0.3 is 14.6 Å². The van der Waals surface area contributed by atoms with Crippen molar-refractivity contribution in [1.29, 1.82) is 0 Å². The molecule has 9 heteroatoms. The van der Waals surface area contributed by atoms with Gasteiger partial charge in [-0.1, -0.05) is 18.2 Å². The molecule has 0 bridgehead atoms. The minimum absolute atomic E-state index is 0.107. The van der Waals surface area contributed by atoms with Crippen molar-refractivity contribution in [2.24, 2.45) is 4.99 Å². The summed E-state index contributed by atoms with van der Waals surface area (Å²) in [5, 5.41) is 4.07. The largest absolute Gasteiger partial charge is 0.416 e. The lowest BCUT2D eigenvalue weighted by molar-refractivity contribution is -0.138. The van der Waals surface area contributed by atoms with Gasteiger partial charge in [0, 0.05) is 18.5 Å². The zero-order chi connectivity index (χ0) is 22.3. The molecule has 0 saturated carbocycles. The maximum absolute atomic E-state index is 13.3. The van der Waals surface area contributed by atoms with Crippen LogP contribution in [0.4, 0.5) is 19.1 Å². The SMILES string of the molecule is Cc1c(CN=c2nc3n(c4cnc(C5=CCOCC5)cc24)CCN3)cccc1C(F)(F)F. The van der Waals surface area contributed by atoms with Gasteiger partial charge in [-0.15, -0.1) is 0 Å². The Morgan fingerprint density at radius 3 is 2.94 bits per heavy atom. The van der Waals surface area contributed by atoms with Gasteiger partial charge in [0.1, 0.15) is 0 Å². The van der Waals surface area contributed by atoms with Gasteiger partial charge in [-0.25, -0.2) is 0 Å². The van der Waals surface area contributed by atoms with Crippen LogP contribution in [0.15, 0.2) is 41.5 Å². The van der Waals surface area contributed by atoms with Gasteiger partial charge in [0.2, 0.25) is 5.95 Å². The molecule has 32 heavy (non-hydrogen) atoms. The van der Waals surface area contributed by atoms with Crippen molar-refractivity contribution in [2.45, 2.75) is 32.6 Å². The monoisotopic (exact) mass is 441 g/mol. The van der Waals surface area contributed by atoms with Crippen molar-refractivity contribution in [3.8, 4) is 0 Å². The molecule has 166 valence electrons. The molecule has 0 spiro atoms. The lowest BCUT2D eigenvalue weighted by atomic mass is 10.0. The highest BCUT2D eigenvalue weighted by Gasteiger charge is 2.32. The Morgan fingerprint density at radius 1 is 1.28 bits per heavy atom. The summed E-state index contributed by atoms with van der Waals surface area (Å²) in [4.78, 5) is 14.0. The number of halogens is 3. The topological polar surface area (TPSA) is 64.3 Å². The third kappa shape index (κ3) is 3.77. The van der Waals surface area contributed by atoms with E-state index in [2.05, 4.69) is 24.8 Å². The van der Waals surface area contributed by atoms with E-state index in [1.165, 1.54) is 13.0 Å². The summed E-state index contributed by atoms with van der Waals surface area (Å²) in [6.07, 6.45) is 0.238. The molecule has 3 aromatic rings. The average Bonchev–Trinajstić information content (AvgIpc) is 3.26. The molecule has 4 heterocycles. The minimum atomic E-state index is -4.39. The number of nitrogens with one attached hydrogen (secondary N) is 1. The molecule has 2 aliphatic rings. The second kappa shape index (κ2) is 8.05. The van der Waals surface area contributed by atoms with Gasteiger partial charge in [-0.3, -0.25) is 9.98 Å². The van der Waals surface area contributed by atoms with E-state index >= 15 is 0 Å². The Bertz CT molecular complexity index is 1290. The van der Waals surface area contributed by atoms with Gasteiger partial charge in [0.05, 0.1) is 42.7 Å². The minimum Gasteiger partial charge on any atom is -0.377 e. The molecule has 5 rings (SSSR count). The molecule has 1 N–H and O–H groups in total. The van der Waals surface area contributed by atoms with Crippen molar-refractivity contribution in [2.75, 3.05) is 25.1 Å². The summed E-state index contributed by atoms with van der Waals surface area (Å²) in [6.45, 7) is 4.32. The first-order valence-corrected chi connectivity index (χ1v) is 10.5. The normalized spacial score (nSPS) is 16.8. The van der Waals surface area contributed by atoms with E-state index < -0.39 is 11.7 Å². The van der Waals surface area contributed by atoms with Crippen LogP contribution in [0.25, 0.3) is 16.5 Å². The van der Waals surface area contributed by atoms with E-state index in [9.17, 15) is 13.2 Å². The molecule has 0 radical (unpaired) electrons. The second-order valence-corrected chi connectivity index (χ2v) is 7.88. The summed E-state index contributed by atoms with van der Waals surface area (Å²) >= 11 is 0. The number of pyridine rings is 1. The standard InChI is InChI=1S/C23H22F3N5O/c1-14-16(3-2-4-18(14)23(24,25)26)12-29-21-17-11-19(15-5-9-32-10-6-15)28-13-20(17)31-8-7-27-22(31)30-21/h2-5,11,13H,6-10,12H2,1H3,(H,27,29,30). The highest BCUT2D eigenvalue weighted by molar-refractivity contribution is 5.82. The molecule has 0 saturated heterocycles. The van der Waals surface area contributed by atoms with E-state index in [0.29, 0.717) is 30.2 Å². The third-order valence-electron chi connectivity index (χ3n) is 5.94. The number of rotatable bonds is 3. The van der Waals surface area contributed by atoms with Crippen molar-refractivity contribution in [1.82, 2.24) is 14.5 Å². The van der Waals surface area contributed by atoms with Crippen LogP contribution >= 0.6 is 0 Å². The zero-order valence-electron chi connectivity index (χ0n) is 17.5. The van der Waals surface area contributed by atoms with E-state index in [1.807, 2.05) is 18.3 Å². The maximum Gasteiger partial charge on any atom is 0.416 e. The fraction of sp³-hybridized carbons (Fsp3) is 0.348. The second-order valence-electron chi connectivity index (χ2n) is 7.88. The quantitative estimate of drug-likeness (QED) is 0.665. The van der Waals surface area contributed by atoms with Crippen LogP contribution in [0.5, 0.6) is 0 Å². The number of anilines is 1. The highest BCUT2D eigenvalue weighted by atomic mass is 19.4. The average molecular weight is 441 g/mol. The van der Waals surface area contributed by atoms with Crippen LogP contribution in [-0.2, 0) is 24.0 Å². The number of hydrogen-bond acceptors (Lipinski definition) is 5. The molecule has 0 unspecified atom stereocenters. The van der Waals surface area contributed by atoms with E-state index in [4.69, 9.17) is 4.74 Å². The lowest BCUT2D eigenvalue weighted by Crippen LogP contribution is -2.16. The number of nitrogens with zero attached hydrogens (tertiary/aromatic N) is 4. The predicted octanol–water partition coefficient (Wildman–Crippen LogP) is 4.09. The summed E-state index contributed by atoms with van der Waals surface area (Å²) < 4.78 is 47.3. The van der Waals surface area contributed by atoms with Gasteiger partial charge >= 0.3 is 6.18 Å². The summed E-state index contributed by atoms with van der Waals surface area (Å²) in [5.74, 6) is 0.692.